The third-order valence-electron chi connectivity index (χ3n) is 4.64. The minimum Gasteiger partial charge on any atom is -0.542 e. The second-order valence-corrected chi connectivity index (χ2v) is 12.1. The molecule has 0 bridgehead atoms. The van der Waals surface area contributed by atoms with Gasteiger partial charge in [0, 0.05) is 19.3 Å². The molecule has 1 heterocycles. The Morgan fingerprint density at radius 3 is 2.38 bits per heavy atom. The van der Waals surface area contributed by atoms with Crippen molar-refractivity contribution in [3.8, 4) is 5.75 Å². The van der Waals surface area contributed by atoms with Crippen LogP contribution in [0, 0.1) is 0 Å². The number of rotatable bonds is 4. The average molecular weight is 308 g/mol. The molecule has 0 spiro atoms. The van der Waals surface area contributed by atoms with Crippen molar-refractivity contribution in [1.82, 2.24) is 0 Å². The van der Waals surface area contributed by atoms with Crippen molar-refractivity contribution < 1.29 is 9.16 Å². The van der Waals surface area contributed by atoms with Crippen LogP contribution in [0.1, 0.15) is 33.6 Å². The first-order valence-electron chi connectivity index (χ1n) is 7.92. The maximum Gasteiger partial charge on any atom is 0.250 e. The molecule has 4 heteroatoms. The minimum absolute atomic E-state index is 0.207. The lowest BCUT2D eigenvalue weighted by Crippen LogP contribution is -2.44. The predicted molar refractivity (Wildman–Crippen MR) is 91.7 cm³/mol. The molecular weight excluding hydrogens is 278 g/mol. The van der Waals surface area contributed by atoms with Crippen molar-refractivity contribution in [2.45, 2.75) is 57.8 Å². The van der Waals surface area contributed by atoms with E-state index in [0.717, 1.165) is 37.5 Å². The van der Waals surface area contributed by atoms with Gasteiger partial charge in [0.15, 0.2) is 0 Å². The molecule has 0 saturated carbocycles. The van der Waals surface area contributed by atoms with Gasteiger partial charge in [-0.1, -0.05) is 32.9 Å². The summed E-state index contributed by atoms with van der Waals surface area (Å²) in [4.78, 5) is 0. The van der Waals surface area contributed by atoms with Gasteiger partial charge in [-0.3, -0.25) is 0 Å². The molecule has 0 aromatic heterocycles. The third kappa shape index (κ3) is 4.24. The molecule has 3 nitrogen and oxygen atoms in total. The lowest BCUT2D eigenvalue weighted by Gasteiger charge is -2.37. The summed E-state index contributed by atoms with van der Waals surface area (Å²) < 4.78 is 11.9. The Morgan fingerprint density at radius 1 is 1.14 bits per heavy atom. The average Bonchev–Trinajstić information content (AvgIpc) is 2.40. The highest BCUT2D eigenvalue weighted by Crippen LogP contribution is 2.39. The topological polar surface area (TPSA) is 30.5 Å². The van der Waals surface area contributed by atoms with Crippen LogP contribution in [0.4, 0.5) is 5.69 Å². The number of hydrogen-bond acceptors (Lipinski definition) is 3. The van der Waals surface area contributed by atoms with Crippen LogP contribution >= 0.6 is 0 Å². The summed E-state index contributed by atoms with van der Waals surface area (Å²) >= 11 is 0. The van der Waals surface area contributed by atoms with Gasteiger partial charge >= 0.3 is 0 Å². The van der Waals surface area contributed by atoms with Gasteiger partial charge in [0.05, 0.1) is 5.69 Å². The Bertz CT molecular complexity index is 462. The Balaban J connectivity index is 2.13. The van der Waals surface area contributed by atoms with Crippen molar-refractivity contribution >= 4 is 14.0 Å². The van der Waals surface area contributed by atoms with E-state index in [1.807, 2.05) is 0 Å². The summed E-state index contributed by atoms with van der Waals surface area (Å²) in [5.41, 5.74) is 1.12. The zero-order valence-corrected chi connectivity index (χ0v) is 15.0. The van der Waals surface area contributed by atoms with Gasteiger partial charge in [-0.2, -0.15) is 0 Å². The lowest BCUT2D eigenvalue weighted by molar-refractivity contribution is 0.0904. The van der Waals surface area contributed by atoms with Crippen molar-refractivity contribution in [2.24, 2.45) is 0 Å². The number of ether oxygens (including phenoxy) is 1. The fraction of sp³-hybridized carbons (Fsp3) is 0.647. The van der Waals surface area contributed by atoms with E-state index in [2.05, 4.69) is 63.4 Å². The fourth-order valence-electron chi connectivity index (χ4n) is 2.16. The molecule has 1 aromatic rings. The predicted octanol–water partition coefficient (Wildman–Crippen LogP) is 4.66. The van der Waals surface area contributed by atoms with Gasteiger partial charge in [0.25, 0.3) is 8.32 Å². The molecule has 1 fully saturated rings. The Kier molecular flexibility index (Phi) is 4.99. The Hall–Kier alpha value is -1.00. The molecule has 118 valence electrons. The second kappa shape index (κ2) is 6.40. The monoisotopic (exact) mass is 307 g/mol. The maximum atomic E-state index is 6.48. The summed E-state index contributed by atoms with van der Waals surface area (Å²) in [5, 5.41) is 3.85. The summed E-state index contributed by atoms with van der Waals surface area (Å²) in [6, 6.07) is 8.82. The largest absolute Gasteiger partial charge is 0.542 e. The van der Waals surface area contributed by atoms with Gasteiger partial charge in [0.1, 0.15) is 5.75 Å². The molecule has 1 aliphatic rings. The van der Waals surface area contributed by atoms with E-state index in [4.69, 9.17) is 9.16 Å². The normalized spacial score (nSPS) is 17.6. The van der Waals surface area contributed by atoms with Crippen LogP contribution in [-0.2, 0) is 4.74 Å². The molecule has 1 N–H and O–H groups in total. The Morgan fingerprint density at radius 2 is 1.76 bits per heavy atom. The Labute approximate surface area is 130 Å². The molecule has 2 rings (SSSR count). The molecule has 0 aliphatic carbocycles. The standard InChI is InChI=1S/C17H29NO2Si/c1-17(2,3)21(4,5)20-16-9-7-6-8-15(16)18-14-10-12-19-13-11-14/h6-9,14,18H,10-13H2,1-5H3. The molecule has 0 radical (unpaired) electrons. The number of para-hydroxylation sites is 2. The number of nitrogens with one attached hydrogen (secondary N) is 1. The van der Waals surface area contributed by atoms with Gasteiger partial charge in [0.2, 0.25) is 0 Å². The molecule has 0 unspecified atom stereocenters. The van der Waals surface area contributed by atoms with Crippen LogP contribution in [0.15, 0.2) is 24.3 Å². The zero-order valence-electron chi connectivity index (χ0n) is 14.0. The summed E-state index contributed by atoms with van der Waals surface area (Å²) in [6.45, 7) is 13.1. The van der Waals surface area contributed by atoms with Crippen LogP contribution in [0.3, 0.4) is 0 Å². The van der Waals surface area contributed by atoms with Gasteiger partial charge < -0.3 is 14.5 Å². The SMILES string of the molecule is CC(C)(C)[Si](C)(C)Oc1ccccc1NC1CCOCC1. The van der Waals surface area contributed by atoms with Crippen molar-refractivity contribution in [3.05, 3.63) is 24.3 Å². The highest BCUT2D eigenvalue weighted by molar-refractivity contribution is 6.74. The number of benzene rings is 1. The fourth-order valence-corrected chi connectivity index (χ4v) is 3.20. The van der Waals surface area contributed by atoms with Crippen LogP contribution in [0.25, 0.3) is 0 Å². The smallest absolute Gasteiger partial charge is 0.250 e. The van der Waals surface area contributed by atoms with Crippen molar-refractivity contribution in [1.29, 1.82) is 0 Å². The van der Waals surface area contributed by atoms with Crippen LogP contribution < -0.4 is 9.74 Å². The highest BCUT2D eigenvalue weighted by Gasteiger charge is 2.39. The molecule has 1 aliphatic heterocycles. The zero-order chi connectivity index (χ0) is 15.5. The maximum absolute atomic E-state index is 6.48. The molecule has 21 heavy (non-hydrogen) atoms. The first-order chi connectivity index (χ1) is 9.79. The van der Waals surface area contributed by atoms with E-state index < -0.39 is 8.32 Å². The lowest BCUT2D eigenvalue weighted by atomic mass is 10.1. The van der Waals surface area contributed by atoms with Crippen molar-refractivity contribution in [2.75, 3.05) is 18.5 Å². The first kappa shape index (κ1) is 16.4. The van der Waals surface area contributed by atoms with Crippen molar-refractivity contribution in [3.63, 3.8) is 0 Å². The third-order valence-corrected chi connectivity index (χ3v) is 8.98. The molecule has 1 aromatic carbocycles. The van der Waals surface area contributed by atoms with E-state index in [9.17, 15) is 0 Å². The van der Waals surface area contributed by atoms with Gasteiger partial charge in [-0.05, 0) is 43.1 Å². The number of hydrogen-bond donors (Lipinski definition) is 1. The molecule has 1 saturated heterocycles. The van der Waals surface area contributed by atoms with E-state index >= 15 is 0 Å². The molecular formula is C17H29NO2Si. The van der Waals surface area contributed by atoms with E-state index in [-0.39, 0.29) is 5.04 Å². The number of anilines is 1. The quantitative estimate of drug-likeness (QED) is 0.821. The second-order valence-electron chi connectivity index (χ2n) is 7.39. The molecule has 0 amide bonds. The van der Waals surface area contributed by atoms with E-state index in [0.29, 0.717) is 6.04 Å². The summed E-state index contributed by atoms with van der Waals surface area (Å²) in [6.07, 6.45) is 2.13. The first-order valence-corrected chi connectivity index (χ1v) is 10.8. The van der Waals surface area contributed by atoms with E-state index in [1.165, 1.54) is 0 Å². The van der Waals surface area contributed by atoms with Gasteiger partial charge in [-0.15, -0.1) is 0 Å². The van der Waals surface area contributed by atoms with Crippen LogP contribution in [0.5, 0.6) is 5.75 Å². The van der Waals surface area contributed by atoms with Crippen LogP contribution in [-0.4, -0.2) is 27.6 Å². The minimum atomic E-state index is -1.81. The van der Waals surface area contributed by atoms with Crippen LogP contribution in [0.2, 0.25) is 18.1 Å². The van der Waals surface area contributed by atoms with Gasteiger partial charge in [-0.25, -0.2) is 0 Å². The molecule has 0 atom stereocenters. The highest BCUT2D eigenvalue weighted by atomic mass is 28.4. The summed E-state index contributed by atoms with van der Waals surface area (Å²) in [7, 11) is -1.81. The summed E-state index contributed by atoms with van der Waals surface area (Å²) in [5.74, 6) is 0.996. The van der Waals surface area contributed by atoms with E-state index in [1.54, 1.807) is 0 Å².